The van der Waals surface area contributed by atoms with E-state index in [1.165, 1.54) is 11.8 Å². The second-order valence-electron chi connectivity index (χ2n) is 5.11. The highest BCUT2D eigenvalue weighted by molar-refractivity contribution is 7.98. The molecule has 1 rings (SSSR count). The van der Waals surface area contributed by atoms with Crippen LogP contribution < -0.4 is 11.3 Å². The summed E-state index contributed by atoms with van der Waals surface area (Å²) in [7, 11) is 0. The van der Waals surface area contributed by atoms with Crippen molar-refractivity contribution in [3.63, 3.8) is 0 Å². The van der Waals surface area contributed by atoms with Crippen LogP contribution >= 0.6 is 23.4 Å². The molecule has 1 heterocycles. The van der Waals surface area contributed by atoms with Gasteiger partial charge in [0.05, 0.1) is 5.56 Å². The van der Waals surface area contributed by atoms with Crippen molar-refractivity contribution in [1.82, 2.24) is 4.98 Å². The van der Waals surface area contributed by atoms with Crippen molar-refractivity contribution >= 4 is 29.5 Å². The second-order valence-corrected chi connectivity index (χ2v) is 6.37. The third-order valence-electron chi connectivity index (χ3n) is 2.50. The lowest BCUT2D eigenvalue weighted by atomic mass is 9.85. The summed E-state index contributed by atoms with van der Waals surface area (Å²) in [6, 6.07) is 1.63. The number of rotatable bonds is 3. The van der Waals surface area contributed by atoms with Gasteiger partial charge >= 0.3 is 6.09 Å². The Morgan fingerprint density at radius 2 is 2.11 bits per heavy atom. The lowest BCUT2D eigenvalue weighted by molar-refractivity contribution is 0.0333. The number of aromatic amines is 1. The van der Waals surface area contributed by atoms with E-state index in [4.69, 9.17) is 22.1 Å². The zero-order valence-electron chi connectivity index (χ0n) is 11.2. The van der Waals surface area contributed by atoms with Crippen molar-refractivity contribution < 1.29 is 9.53 Å². The Hall–Kier alpha value is -1.14. The van der Waals surface area contributed by atoms with E-state index in [0.29, 0.717) is 10.5 Å². The molecule has 0 fully saturated rings. The Balaban J connectivity index is 3.46. The van der Waals surface area contributed by atoms with E-state index >= 15 is 0 Å². The molecule has 7 heteroatoms. The molecule has 1 aromatic rings. The number of H-pyrrole nitrogens is 1. The normalized spacial score (nSPS) is 13.1. The summed E-state index contributed by atoms with van der Waals surface area (Å²) in [6.45, 7) is 5.58. The first-order valence-corrected chi connectivity index (χ1v) is 7.20. The van der Waals surface area contributed by atoms with Crippen LogP contribution in [0.1, 0.15) is 32.4 Å². The number of amides is 1. The predicted molar refractivity (Wildman–Crippen MR) is 76.7 cm³/mol. The summed E-state index contributed by atoms with van der Waals surface area (Å²) in [4.78, 5) is 26.3. The van der Waals surface area contributed by atoms with Crippen LogP contribution in [-0.4, -0.2) is 17.3 Å². The molecule has 1 atom stereocenters. The van der Waals surface area contributed by atoms with Crippen LogP contribution in [0, 0.1) is 5.41 Å². The molecule has 0 radical (unpaired) electrons. The molecule has 0 aromatic carbocycles. The number of pyridine rings is 1. The maximum Gasteiger partial charge on any atom is 0.405 e. The molecule has 19 heavy (non-hydrogen) atoms. The smallest absolute Gasteiger partial charge is 0.405 e. The number of hydrogen-bond acceptors (Lipinski definition) is 4. The fourth-order valence-corrected chi connectivity index (χ4v) is 2.63. The number of carbonyl (C=O) groups excluding carboxylic acids is 1. The molecule has 5 nitrogen and oxygen atoms in total. The zero-order valence-corrected chi connectivity index (χ0v) is 12.8. The van der Waals surface area contributed by atoms with Crippen LogP contribution in [0.5, 0.6) is 0 Å². The number of aromatic nitrogens is 1. The van der Waals surface area contributed by atoms with Crippen LogP contribution in [0.3, 0.4) is 0 Å². The Morgan fingerprint density at radius 1 is 1.53 bits per heavy atom. The molecule has 1 aromatic heterocycles. The van der Waals surface area contributed by atoms with Crippen molar-refractivity contribution in [2.45, 2.75) is 31.8 Å². The maximum absolute atomic E-state index is 12.1. The van der Waals surface area contributed by atoms with Gasteiger partial charge in [-0.3, -0.25) is 4.79 Å². The van der Waals surface area contributed by atoms with Gasteiger partial charge in [-0.15, -0.1) is 11.8 Å². The number of halogens is 1. The summed E-state index contributed by atoms with van der Waals surface area (Å²) in [6.07, 6.45) is 0.160. The Morgan fingerprint density at radius 3 is 2.53 bits per heavy atom. The van der Waals surface area contributed by atoms with Crippen LogP contribution in [0.25, 0.3) is 0 Å². The molecule has 106 valence electrons. The summed E-state index contributed by atoms with van der Waals surface area (Å²) in [5.74, 6) is 0. The van der Waals surface area contributed by atoms with Crippen molar-refractivity contribution in [2.24, 2.45) is 11.1 Å². The fraction of sp³-hybridized carbons (Fsp3) is 0.500. The van der Waals surface area contributed by atoms with Gasteiger partial charge in [0.15, 0.2) is 0 Å². The maximum atomic E-state index is 12.1. The standard InChI is InChI=1S/C12H17ClN2O3S/c1-12(2,3)9(18-11(14)17)8-6(19-4)5-7(13)15-10(8)16/h5,9H,1-4H3,(H2,14,17)(H,15,16). The van der Waals surface area contributed by atoms with Crippen molar-refractivity contribution in [1.29, 1.82) is 0 Å². The van der Waals surface area contributed by atoms with Crippen molar-refractivity contribution in [3.05, 3.63) is 27.1 Å². The number of primary amides is 1. The molecule has 0 aliphatic heterocycles. The Bertz CT molecular complexity index is 537. The number of nitrogens with two attached hydrogens (primary N) is 1. The average molecular weight is 305 g/mol. The van der Waals surface area contributed by atoms with Gasteiger partial charge in [-0.1, -0.05) is 32.4 Å². The van der Waals surface area contributed by atoms with Crippen LogP contribution in [-0.2, 0) is 4.74 Å². The van der Waals surface area contributed by atoms with Gasteiger partial charge in [-0.2, -0.15) is 0 Å². The Labute approximate surface area is 120 Å². The van der Waals surface area contributed by atoms with Gasteiger partial charge in [-0.05, 0) is 12.3 Å². The first-order valence-electron chi connectivity index (χ1n) is 5.59. The highest BCUT2D eigenvalue weighted by atomic mass is 35.5. The third kappa shape index (κ3) is 3.91. The number of thioether (sulfide) groups is 1. The summed E-state index contributed by atoms with van der Waals surface area (Å²) in [5.41, 5.74) is 4.61. The predicted octanol–water partition coefficient (Wildman–Crippen LogP) is 2.93. The van der Waals surface area contributed by atoms with E-state index in [1.807, 2.05) is 27.0 Å². The second kappa shape index (κ2) is 5.88. The molecule has 3 N–H and O–H groups in total. The number of hydrogen-bond donors (Lipinski definition) is 2. The third-order valence-corrected chi connectivity index (χ3v) is 3.48. The first-order chi connectivity index (χ1) is 8.66. The van der Waals surface area contributed by atoms with Crippen LogP contribution in [0.15, 0.2) is 15.8 Å². The zero-order chi connectivity index (χ0) is 14.8. The van der Waals surface area contributed by atoms with E-state index in [-0.39, 0.29) is 10.7 Å². The first kappa shape index (κ1) is 15.9. The Kier molecular flexibility index (Phi) is 4.92. The minimum atomic E-state index is -0.915. The number of carbonyl (C=O) groups is 1. The molecule has 0 aliphatic carbocycles. The minimum absolute atomic E-state index is 0.241. The monoisotopic (exact) mass is 304 g/mol. The van der Waals surface area contributed by atoms with Crippen molar-refractivity contribution in [2.75, 3.05) is 6.26 Å². The molecular formula is C12H17ClN2O3S. The SMILES string of the molecule is CSc1cc(Cl)[nH]c(=O)c1C(OC(N)=O)C(C)(C)C. The van der Waals surface area contributed by atoms with Crippen molar-refractivity contribution in [3.8, 4) is 0 Å². The van der Waals surface area contributed by atoms with Gasteiger partial charge in [0.25, 0.3) is 5.56 Å². The molecule has 1 unspecified atom stereocenters. The van der Waals surface area contributed by atoms with E-state index < -0.39 is 17.6 Å². The topological polar surface area (TPSA) is 85.2 Å². The highest BCUT2D eigenvalue weighted by Gasteiger charge is 2.33. The minimum Gasteiger partial charge on any atom is -0.441 e. The van der Waals surface area contributed by atoms with Gasteiger partial charge in [0, 0.05) is 10.3 Å². The fourth-order valence-electron chi connectivity index (χ4n) is 1.72. The molecule has 0 bridgehead atoms. The van der Waals surface area contributed by atoms with E-state index in [0.717, 1.165) is 0 Å². The van der Waals surface area contributed by atoms with Crippen LogP contribution in [0.2, 0.25) is 5.15 Å². The highest BCUT2D eigenvalue weighted by Crippen LogP contribution is 2.38. The number of nitrogens with one attached hydrogen (secondary N) is 1. The van der Waals surface area contributed by atoms with Gasteiger partial charge in [-0.25, -0.2) is 4.79 Å². The molecular weight excluding hydrogens is 288 g/mol. The molecule has 0 saturated heterocycles. The quantitative estimate of drug-likeness (QED) is 0.664. The van der Waals surface area contributed by atoms with Gasteiger partial charge < -0.3 is 15.5 Å². The van der Waals surface area contributed by atoms with Crippen LogP contribution in [0.4, 0.5) is 4.79 Å². The largest absolute Gasteiger partial charge is 0.441 e. The molecule has 1 amide bonds. The van der Waals surface area contributed by atoms with Gasteiger partial charge in [0.2, 0.25) is 0 Å². The molecule has 0 saturated carbocycles. The van der Waals surface area contributed by atoms with E-state index in [1.54, 1.807) is 6.07 Å². The molecule has 0 aliphatic rings. The van der Waals surface area contributed by atoms with E-state index in [9.17, 15) is 9.59 Å². The van der Waals surface area contributed by atoms with E-state index in [2.05, 4.69) is 4.98 Å². The van der Waals surface area contributed by atoms with Gasteiger partial charge in [0.1, 0.15) is 11.3 Å². The summed E-state index contributed by atoms with van der Waals surface area (Å²) in [5, 5.41) is 0.241. The number of ether oxygens (including phenoxy) is 1. The lowest BCUT2D eigenvalue weighted by Gasteiger charge is -2.30. The molecule has 0 spiro atoms. The summed E-state index contributed by atoms with van der Waals surface area (Å²) >= 11 is 7.18. The summed E-state index contributed by atoms with van der Waals surface area (Å²) < 4.78 is 5.13. The average Bonchev–Trinajstić information content (AvgIpc) is 2.24. The lowest BCUT2D eigenvalue weighted by Crippen LogP contribution is -2.32.